The lowest BCUT2D eigenvalue weighted by atomic mass is 10.1. The summed E-state index contributed by atoms with van der Waals surface area (Å²) in [6.07, 6.45) is 1.46. The van der Waals surface area contributed by atoms with Crippen molar-refractivity contribution < 1.29 is 31.9 Å². The third-order valence-corrected chi connectivity index (χ3v) is 4.24. The van der Waals surface area contributed by atoms with Crippen molar-refractivity contribution in [1.82, 2.24) is 9.78 Å². The molecule has 1 heterocycles. The maximum atomic E-state index is 13.6. The van der Waals surface area contributed by atoms with E-state index in [9.17, 15) is 27.2 Å². The normalized spacial score (nSPS) is 10.7. The van der Waals surface area contributed by atoms with Crippen molar-refractivity contribution in [2.75, 3.05) is 5.32 Å². The zero-order valence-corrected chi connectivity index (χ0v) is 16.1. The van der Waals surface area contributed by atoms with Crippen molar-refractivity contribution in [2.24, 2.45) is 5.73 Å². The highest BCUT2D eigenvalue weighted by molar-refractivity contribution is 6.07. The molecule has 3 rings (SSSR count). The number of hydrogen-bond acceptors (Lipinski definition) is 4. The average molecular weight is 436 g/mol. The minimum absolute atomic E-state index is 0.0821. The molecule has 3 N–H and O–H groups in total. The minimum Gasteiger partial charge on any atom is -0.483 e. The molecule has 162 valence electrons. The van der Waals surface area contributed by atoms with Gasteiger partial charge < -0.3 is 15.8 Å². The summed E-state index contributed by atoms with van der Waals surface area (Å²) < 4.78 is 60.0. The maximum absolute atomic E-state index is 13.6. The molecule has 2 amide bonds. The van der Waals surface area contributed by atoms with E-state index in [0.29, 0.717) is 12.1 Å². The van der Waals surface area contributed by atoms with Crippen LogP contribution in [0.5, 0.6) is 5.75 Å². The van der Waals surface area contributed by atoms with Gasteiger partial charge in [-0.1, -0.05) is 12.1 Å². The Labute approximate surface area is 173 Å². The van der Waals surface area contributed by atoms with Crippen LogP contribution in [0.1, 0.15) is 33.3 Å². The fraction of sp³-hybridized carbons (Fsp3) is 0.150. The van der Waals surface area contributed by atoms with Gasteiger partial charge in [0.1, 0.15) is 6.61 Å². The van der Waals surface area contributed by atoms with Crippen LogP contribution >= 0.6 is 0 Å². The first kappa shape index (κ1) is 21.8. The van der Waals surface area contributed by atoms with E-state index in [0.717, 1.165) is 0 Å². The molecule has 0 aliphatic rings. The van der Waals surface area contributed by atoms with E-state index in [1.54, 1.807) is 6.92 Å². The summed E-state index contributed by atoms with van der Waals surface area (Å²) in [7, 11) is 0. The van der Waals surface area contributed by atoms with Crippen LogP contribution < -0.4 is 15.8 Å². The fourth-order valence-electron chi connectivity index (χ4n) is 2.64. The van der Waals surface area contributed by atoms with E-state index in [4.69, 9.17) is 10.5 Å². The number of carbonyl (C=O) groups is 2. The van der Waals surface area contributed by atoms with Crippen LogP contribution in [0.15, 0.2) is 36.5 Å². The van der Waals surface area contributed by atoms with Crippen LogP contribution in [0.4, 0.5) is 23.2 Å². The number of benzene rings is 2. The Hall–Kier alpha value is -3.89. The molecule has 0 saturated heterocycles. The van der Waals surface area contributed by atoms with Crippen molar-refractivity contribution >= 4 is 17.5 Å². The number of rotatable bonds is 7. The summed E-state index contributed by atoms with van der Waals surface area (Å²) in [5, 5.41) is 6.50. The Balaban J connectivity index is 1.71. The summed E-state index contributed by atoms with van der Waals surface area (Å²) in [6, 6.07) is 5.71. The van der Waals surface area contributed by atoms with Crippen molar-refractivity contribution in [2.45, 2.75) is 20.1 Å². The number of aryl methyl sites for hydroxylation is 1. The van der Waals surface area contributed by atoms with Gasteiger partial charge in [-0.25, -0.2) is 8.78 Å². The van der Waals surface area contributed by atoms with Gasteiger partial charge in [-0.05, 0) is 24.6 Å². The van der Waals surface area contributed by atoms with Gasteiger partial charge in [0.25, 0.3) is 11.8 Å². The van der Waals surface area contributed by atoms with E-state index in [1.165, 1.54) is 35.1 Å². The first-order chi connectivity index (χ1) is 14.7. The largest absolute Gasteiger partial charge is 0.483 e. The number of halogens is 4. The average Bonchev–Trinajstić information content (AvgIpc) is 3.16. The monoisotopic (exact) mass is 436 g/mol. The molecule has 0 spiro atoms. The van der Waals surface area contributed by atoms with E-state index >= 15 is 0 Å². The Morgan fingerprint density at radius 2 is 1.71 bits per heavy atom. The molecule has 1 aromatic heterocycles. The molecular formula is C20H16F4N4O3. The Morgan fingerprint density at radius 3 is 2.26 bits per heavy atom. The van der Waals surface area contributed by atoms with Gasteiger partial charge >= 0.3 is 0 Å². The van der Waals surface area contributed by atoms with E-state index < -0.39 is 47.4 Å². The highest BCUT2D eigenvalue weighted by Crippen LogP contribution is 2.27. The van der Waals surface area contributed by atoms with Gasteiger partial charge in [-0.2, -0.15) is 13.9 Å². The van der Waals surface area contributed by atoms with E-state index in [1.807, 2.05) is 0 Å². The van der Waals surface area contributed by atoms with Crippen molar-refractivity contribution in [3.8, 4) is 5.75 Å². The third kappa shape index (κ3) is 4.65. The molecule has 0 bridgehead atoms. The topological polar surface area (TPSA) is 99.2 Å². The number of carbonyl (C=O) groups excluding carboxylic acids is 2. The predicted octanol–water partition coefficient (Wildman–Crippen LogP) is 3.39. The molecule has 0 atom stereocenters. The first-order valence-corrected chi connectivity index (χ1v) is 8.94. The second-order valence-corrected chi connectivity index (χ2v) is 6.35. The van der Waals surface area contributed by atoms with Gasteiger partial charge in [0.2, 0.25) is 11.6 Å². The predicted molar refractivity (Wildman–Crippen MR) is 101 cm³/mol. The molecule has 3 aromatic rings. The number of anilines is 1. The lowest BCUT2D eigenvalue weighted by molar-refractivity contribution is 0.0995. The zero-order valence-electron chi connectivity index (χ0n) is 16.1. The molecule has 0 aliphatic carbocycles. The Bertz CT molecular complexity index is 1120. The molecule has 0 fully saturated rings. The summed E-state index contributed by atoms with van der Waals surface area (Å²) in [4.78, 5) is 23.9. The molecule has 0 aliphatic heterocycles. The van der Waals surface area contributed by atoms with Crippen LogP contribution in [0.3, 0.4) is 0 Å². The highest BCUT2D eigenvalue weighted by Gasteiger charge is 2.21. The van der Waals surface area contributed by atoms with Crippen LogP contribution in [0.2, 0.25) is 0 Å². The Morgan fingerprint density at radius 1 is 1.10 bits per heavy atom. The minimum atomic E-state index is -1.65. The second-order valence-electron chi connectivity index (χ2n) is 6.35. The first-order valence-electron chi connectivity index (χ1n) is 8.94. The highest BCUT2D eigenvalue weighted by atomic mass is 19.2. The number of hydrogen-bond donors (Lipinski definition) is 2. The van der Waals surface area contributed by atoms with Gasteiger partial charge in [0.15, 0.2) is 23.1 Å². The second kappa shape index (κ2) is 8.86. The molecular weight excluding hydrogens is 420 g/mol. The van der Waals surface area contributed by atoms with E-state index in [-0.39, 0.29) is 23.0 Å². The standard InChI is InChI=1S/C20H16F4N4O3/c1-2-28-8-14(17(27-28)19(25)29)26-20(30)11-5-3-10(4-6-11)9-31-18-15(23)12(21)7-13(22)16(18)24/h3-8H,2,9H2,1H3,(H2,25,29)(H,26,30). The maximum Gasteiger partial charge on any atom is 0.271 e. The van der Waals surface area contributed by atoms with E-state index in [2.05, 4.69) is 10.4 Å². The van der Waals surface area contributed by atoms with Gasteiger partial charge in [0.05, 0.1) is 5.69 Å². The summed E-state index contributed by atoms with van der Waals surface area (Å²) in [6.45, 7) is 1.84. The van der Waals surface area contributed by atoms with Crippen molar-refractivity contribution in [3.63, 3.8) is 0 Å². The lowest BCUT2D eigenvalue weighted by Crippen LogP contribution is -2.18. The number of amides is 2. The molecule has 2 aromatic carbocycles. The molecule has 0 unspecified atom stereocenters. The van der Waals surface area contributed by atoms with Crippen LogP contribution in [0, 0.1) is 23.3 Å². The van der Waals surface area contributed by atoms with Gasteiger partial charge in [-0.15, -0.1) is 0 Å². The summed E-state index contributed by atoms with van der Waals surface area (Å²) in [5.41, 5.74) is 5.88. The number of aromatic nitrogens is 2. The number of ether oxygens (including phenoxy) is 1. The van der Waals surface area contributed by atoms with Crippen LogP contribution in [0.25, 0.3) is 0 Å². The zero-order chi connectivity index (χ0) is 22.7. The third-order valence-electron chi connectivity index (χ3n) is 4.24. The molecule has 0 saturated carbocycles. The smallest absolute Gasteiger partial charge is 0.271 e. The Kier molecular flexibility index (Phi) is 6.23. The number of primary amides is 1. The molecule has 7 nitrogen and oxygen atoms in total. The van der Waals surface area contributed by atoms with Crippen molar-refractivity contribution in [3.05, 3.63) is 76.6 Å². The quantitative estimate of drug-likeness (QED) is 0.438. The summed E-state index contributed by atoms with van der Waals surface area (Å²) in [5.74, 6) is -8.99. The fourth-order valence-corrected chi connectivity index (χ4v) is 2.64. The van der Waals surface area contributed by atoms with Crippen LogP contribution in [-0.4, -0.2) is 21.6 Å². The summed E-state index contributed by atoms with van der Waals surface area (Å²) >= 11 is 0. The van der Waals surface area contributed by atoms with Gasteiger partial charge in [0, 0.05) is 24.4 Å². The molecule has 11 heteroatoms. The van der Waals surface area contributed by atoms with Gasteiger partial charge in [-0.3, -0.25) is 14.3 Å². The number of nitrogens with one attached hydrogen (secondary N) is 1. The van der Waals surface area contributed by atoms with Crippen LogP contribution in [-0.2, 0) is 13.2 Å². The molecule has 0 radical (unpaired) electrons. The SMILES string of the molecule is CCn1cc(NC(=O)c2ccc(COc3c(F)c(F)cc(F)c3F)cc2)c(C(N)=O)n1. The molecule has 31 heavy (non-hydrogen) atoms. The lowest BCUT2D eigenvalue weighted by Gasteiger charge is -2.10. The van der Waals surface area contributed by atoms with Crippen molar-refractivity contribution in [1.29, 1.82) is 0 Å². The number of nitrogens with two attached hydrogens (primary N) is 1. The number of nitrogens with zero attached hydrogens (tertiary/aromatic N) is 2.